The normalized spacial score (nSPS) is 12.9. The molecule has 0 amide bonds. The van der Waals surface area contributed by atoms with Gasteiger partial charge in [0.05, 0.1) is 6.42 Å². The molecule has 0 saturated carbocycles. The fourth-order valence-corrected chi connectivity index (χ4v) is 8.05. The monoisotopic (exact) mass is 999 g/mol. The first-order valence-corrected chi connectivity index (χ1v) is 29.9. The highest BCUT2D eigenvalue weighted by atomic mass is 16.6. The first kappa shape index (κ1) is 68.1. The molecule has 0 aromatic rings. The molecule has 0 spiro atoms. The predicted molar refractivity (Wildman–Crippen MR) is 311 cm³/mol. The molecule has 0 bridgehead atoms. The zero-order chi connectivity index (χ0) is 52.2. The Labute approximate surface area is 444 Å². The van der Waals surface area contributed by atoms with Crippen molar-refractivity contribution < 1.29 is 28.6 Å². The average molecular weight is 1000 g/mol. The van der Waals surface area contributed by atoms with E-state index in [0.29, 0.717) is 12.8 Å². The molecule has 0 aliphatic heterocycles. The first-order chi connectivity index (χ1) is 35.5. The lowest BCUT2D eigenvalue weighted by atomic mass is 10.1. The van der Waals surface area contributed by atoms with E-state index in [2.05, 4.69) is 118 Å². The second kappa shape index (κ2) is 59.6. The van der Waals surface area contributed by atoms with Crippen LogP contribution < -0.4 is 0 Å². The molecule has 1 atom stereocenters. The molecule has 6 nitrogen and oxygen atoms in total. The van der Waals surface area contributed by atoms with Crippen molar-refractivity contribution in [1.29, 1.82) is 0 Å². The van der Waals surface area contributed by atoms with Crippen molar-refractivity contribution in [2.45, 2.75) is 277 Å². The molecule has 0 fully saturated rings. The molecule has 1 unspecified atom stereocenters. The number of allylic oxidation sites excluding steroid dienone is 17. The summed E-state index contributed by atoms with van der Waals surface area (Å²) >= 11 is 0. The highest BCUT2D eigenvalue weighted by molar-refractivity contribution is 5.72. The van der Waals surface area contributed by atoms with Gasteiger partial charge in [-0.15, -0.1) is 0 Å². The molecule has 0 heterocycles. The van der Waals surface area contributed by atoms with Crippen LogP contribution in [0.15, 0.2) is 109 Å². The quantitative estimate of drug-likeness (QED) is 0.0261. The highest BCUT2D eigenvalue weighted by Gasteiger charge is 2.19. The number of hydrogen-bond acceptors (Lipinski definition) is 6. The van der Waals surface area contributed by atoms with Crippen molar-refractivity contribution in [3.05, 3.63) is 109 Å². The summed E-state index contributed by atoms with van der Waals surface area (Å²) in [6, 6.07) is 0. The third kappa shape index (κ3) is 57.0. The minimum absolute atomic E-state index is 0.118. The van der Waals surface area contributed by atoms with Crippen molar-refractivity contribution in [1.82, 2.24) is 0 Å². The van der Waals surface area contributed by atoms with Crippen molar-refractivity contribution >= 4 is 17.9 Å². The first-order valence-electron chi connectivity index (χ1n) is 29.9. The Kier molecular flexibility index (Phi) is 56.4. The Bertz CT molecular complexity index is 1470. The fourth-order valence-electron chi connectivity index (χ4n) is 8.05. The van der Waals surface area contributed by atoms with E-state index in [-0.39, 0.29) is 31.6 Å². The van der Waals surface area contributed by atoms with Crippen LogP contribution in [-0.4, -0.2) is 37.2 Å². The van der Waals surface area contributed by atoms with Gasteiger partial charge in [0.25, 0.3) is 0 Å². The van der Waals surface area contributed by atoms with E-state index in [4.69, 9.17) is 14.2 Å². The summed E-state index contributed by atoms with van der Waals surface area (Å²) in [6.45, 7) is 6.42. The SMILES string of the molecule is CC/C=C\C/C=C\C/C=C\C/C=C\C/C=C\CC(=O)OCC(COC(=O)CCCCCCCC/C=C\C/C=C\C/C=C\CCCCCCC)OC(=O)CCCCCCCCC/C=C\CCCCCCCCC. The van der Waals surface area contributed by atoms with Crippen LogP contribution in [-0.2, 0) is 28.6 Å². The molecular weight excluding hydrogens is 889 g/mol. The third-order valence-electron chi connectivity index (χ3n) is 12.5. The average Bonchev–Trinajstić information content (AvgIpc) is 3.38. The van der Waals surface area contributed by atoms with E-state index >= 15 is 0 Å². The summed E-state index contributed by atoms with van der Waals surface area (Å²) in [5, 5.41) is 0. The molecular formula is C66H110O6. The van der Waals surface area contributed by atoms with Gasteiger partial charge in [-0.2, -0.15) is 0 Å². The lowest BCUT2D eigenvalue weighted by Gasteiger charge is -2.18. The molecule has 0 N–H and O–H groups in total. The van der Waals surface area contributed by atoms with Gasteiger partial charge >= 0.3 is 17.9 Å². The number of unbranched alkanes of at least 4 members (excludes halogenated alkanes) is 25. The second-order valence-corrected chi connectivity index (χ2v) is 19.5. The fraction of sp³-hybridized carbons (Fsp3) is 0.682. The molecule has 0 rings (SSSR count). The maximum absolute atomic E-state index is 12.9. The predicted octanol–water partition coefficient (Wildman–Crippen LogP) is 20.3. The summed E-state index contributed by atoms with van der Waals surface area (Å²) in [6.07, 6.45) is 81.1. The van der Waals surface area contributed by atoms with E-state index < -0.39 is 12.1 Å². The lowest BCUT2D eigenvalue weighted by Crippen LogP contribution is -2.30. The van der Waals surface area contributed by atoms with Crippen LogP contribution in [0.25, 0.3) is 0 Å². The van der Waals surface area contributed by atoms with Crippen molar-refractivity contribution in [2.75, 3.05) is 13.2 Å². The summed E-state index contributed by atoms with van der Waals surface area (Å²) in [7, 11) is 0. The van der Waals surface area contributed by atoms with Gasteiger partial charge in [-0.1, -0.05) is 252 Å². The van der Waals surface area contributed by atoms with Gasteiger partial charge in [-0.25, -0.2) is 0 Å². The van der Waals surface area contributed by atoms with Crippen LogP contribution in [0.3, 0.4) is 0 Å². The molecule has 0 radical (unpaired) electrons. The van der Waals surface area contributed by atoms with Gasteiger partial charge in [0, 0.05) is 12.8 Å². The number of hydrogen-bond donors (Lipinski definition) is 0. The molecule has 410 valence electrons. The van der Waals surface area contributed by atoms with E-state index in [9.17, 15) is 14.4 Å². The zero-order valence-electron chi connectivity index (χ0n) is 46.9. The van der Waals surface area contributed by atoms with Crippen LogP contribution in [0, 0.1) is 0 Å². The van der Waals surface area contributed by atoms with Crippen molar-refractivity contribution in [3.63, 3.8) is 0 Å². The molecule has 0 aromatic heterocycles. The number of rotatable bonds is 53. The van der Waals surface area contributed by atoms with Crippen LogP contribution in [0.4, 0.5) is 0 Å². The summed E-state index contributed by atoms with van der Waals surface area (Å²) in [4.78, 5) is 38.2. The number of carbonyl (C=O) groups excluding carboxylic acids is 3. The highest BCUT2D eigenvalue weighted by Crippen LogP contribution is 2.14. The van der Waals surface area contributed by atoms with Gasteiger partial charge in [0.2, 0.25) is 0 Å². The van der Waals surface area contributed by atoms with E-state index in [1.807, 2.05) is 6.08 Å². The van der Waals surface area contributed by atoms with Crippen LogP contribution in [0.2, 0.25) is 0 Å². The lowest BCUT2D eigenvalue weighted by molar-refractivity contribution is -0.166. The van der Waals surface area contributed by atoms with E-state index in [0.717, 1.165) is 96.3 Å². The van der Waals surface area contributed by atoms with Gasteiger partial charge in [0.15, 0.2) is 6.10 Å². The molecule has 72 heavy (non-hydrogen) atoms. The molecule has 0 aliphatic rings. The van der Waals surface area contributed by atoms with E-state index in [1.54, 1.807) is 6.08 Å². The molecule has 0 saturated heterocycles. The van der Waals surface area contributed by atoms with Gasteiger partial charge < -0.3 is 14.2 Å². The van der Waals surface area contributed by atoms with Gasteiger partial charge in [-0.05, 0) is 109 Å². The number of esters is 3. The summed E-state index contributed by atoms with van der Waals surface area (Å²) in [5.41, 5.74) is 0. The van der Waals surface area contributed by atoms with Crippen LogP contribution >= 0.6 is 0 Å². The Hall–Kier alpha value is -3.93. The van der Waals surface area contributed by atoms with E-state index in [1.165, 1.54) is 135 Å². The second-order valence-electron chi connectivity index (χ2n) is 19.5. The maximum atomic E-state index is 12.9. The molecule has 0 aliphatic carbocycles. The Morgan fingerprint density at radius 1 is 0.306 bits per heavy atom. The van der Waals surface area contributed by atoms with Crippen LogP contribution in [0.1, 0.15) is 271 Å². The molecule has 6 heteroatoms. The Balaban J connectivity index is 4.50. The van der Waals surface area contributed by atoms with Gasteiger partial charge in [-0.3, -0.25) is 14.4 Å². The van der Waals surface area contributed by atoms with Crippen molar-refractivity contribution in [2.24, 2.45) is 0 Å². The summed E-state index contributed by atoms with van der Waals surface area (Å²) < 4.78 is 16.8. The summed E-state index contributed by atoms with van der Waals surface area (Å²) in [5.74, 6) is -1.06. The largest absolute Gasteiger partial charge is 0.462 e. The smallest absolute Gasteiger partial charge is 0.309 e. The minimum atomic E-state index is -0.828. The zero-order valence-corrected chi connectivity index (χ0v) is 46.9. The maximum Gasteiger partial charge on any atom is 0.309 e. The van der Waals surface area contributed by atoms with Crippen LogP contribution in [0.5, 0.6) is 0 Å². The van der Waals surface area contributed by atoms with Gasteiger partial charge in [0.1, 0.15) is 13.2 Å². The number of carbonyl (C=O) groups is 3. The standard InChI is InChI=1S/C66H110O6/c1-4-7-10-13-16-19-22-25-28-30-32-33-34-36-38-41-44-47-50-53-56-59-65(68)71-62-63(61-70-64(67)58-55-52-49-46-43-40-37-27-24-21-18-15-12-9-6-3)72-66(69)60-57-54-51-48-45-42-39-35-31-29-26-23-20-17-14-11-8-5-2/h9,12,18,21-22,25,27,29-32,34,36-37,43,46,52,55,63H,4-8,10-11,13-17,19-20,23-24,26,28,33,35,38-42,44-45,47-51,53-54,56-62H2,1-3H3/b12-9-,21-18-,25-22-,31-29-,32-30-,36-34-,37-27-,46-43-,55-52-. The topological polar surface area (TPSA) is 78.9 Å². The Morgan fingerprint density at radius 3 is 0.986 bits per heavy atom. The van der Waals surface area contributed by atoms with Crippen molar-refractivity contribution in [3.8, 4) is 0 Å². The Morgan fingerprint density at radius 2 is 0.597 bits per heavy atom. The number of ether oxygens (including phenoxy) is 3. The third-order valence-corrected chi connectivity index (χ3v) is 12.5. The molecule has 0 aromatic carbocycles. The minimum Gasteiger partial charge on any atom is -0.462 e.